The second-order valence-electron chi connectivity index (χ2n) is 4.82. The Hall–Kier alpha value is -0.910. The third kappa shape index (κ3) is 5.30. The number of thiophene rings is 1. The molecule has 1 rings (SSSR count). The summed E-state index contributed by atoms with van der Waals surface area (Å²) in [5, 5.41) is 5.52. The Morgan fingerprint density at radius 1 is 1.42 bits per heavy atom. The van der Waals surface area contributed by atoms with Gasteiger partial charge in [0.2, 0.25) is 0 Å². The molecule has 0 fully saturated rings. The number of rotatable bonds is 8. The zero-order valence-corrected chi connectivity index (χ0v) is 12.8. The van der Waals surface area contributed by atoms with E-state index in [9.17, 15) is 4.79 Å². The second kappa shape index (κ2) is 8.30. The van der Waals surface area contributed by atoms with Crippen LogP contribution in [0.1, 0.15) is 31.2 Å². The fourth-order valence-electron chi connectivity index (χ4n) is 1.85. The molecule has 0 aliphatic heterocycles. The van der Waals surface area contributed by atoms with E-state index in [0.717, 1.165) is 4.88 Å². The van der Waals surface area contributed by atoms with Crippen LogP contribution >= 0.6 is 11.3 Å². The summed E-state index contributed by atoms with van der Waals surface area (Å²) in [7, 11) is 3.11. The Kier molecular flexibility index (Phi) is 7.05. The first-order chi connectivity index (χ1) is 9.08. The molecule has 108 valence electrons. The van der Waals surface area contributed by atoms with Gasteiger partial charge in [0.05, 0.1) is 26.2 Å². The molecule has 0 aliphatic rings. The molecule has 1 heterocycles. The predicted octanol–water partition coefficient (Wildman–Crippen LogP) is 2.61. The van der Waals surface area contributed by atoms with Gasteiger partial charge in [-0.3, -0.25) is 4.79 Å². The minimum Gasteiger partial charge on any atom is -0.469 e. The minimum absolute atomic E-state index is 0.0185. The highest BCUT2D eigenvalue weighted by Crippen LogP contribution is 2.24. The van der Waals surface area contributed by atoms with E-state index >= 15 is 0 Å². The molecule has 0 radical (unpaired) electrons. The van der Waals surface area contributed by atoms with Gasteiger partial charge in [0, 0.05) is 18.0 Å². The molecule has 0 bridgehead atoms. The van der Waals surface area contributed by atoms with E-state index in [1.165, 1.54) is 7.11 Å². The summed E-state index contributed by atoms with van der Waals surface area (Å²) in [4.78, 5) is 12.7. The van der Waals surface area contributed by atoms with Crippen LogP contribution in [-0.2, 0) is 14.3 Å². The molecule has 1 aromatic heterocycles. The predicted molar refractivity (Wildman–Crippen MR) is 77.3 cm³/mol. The van der Waals surface area contributed by atoms with Crippen molar-refractivity contribution in [3.63, 3.8) is 0 Å². The van der Waals surface area contributed by atoms with E-state index in [2.05, 4.69) is 19.2 Å². The number of ether oxygens (including phenoxy) is 2. The van der Waals surface area contributed by atoms with Crippen molar-refractivity contribution in [1.82, 2.24) is 5.32 Å². The van der Waals surface area contributed by atoms with Gasteiger partial charge in [-0.1, -0.05) is 19.9 Å². The van der Waals surface area contributed by atoms with E-state index in [-0.39, 0.29) is 18.1 Å². The van der Waals surface area contributed by atoms with E-state index in [1.54, 1.807) is 18.4 Å². The van der Waals surface area contributed by atoms with Crippen molar-refractivity contribution in [2.75, 3.05) is 20.8 Å². The lowest BCUT2D eigenvalue weighted by atomic mass is 10.0. The first-order valence-corrected chi connectivity index (χ1v) is 7.31. The zero-order valence-electron chi connectivity index (χ0n) is 12.0. The van der Waals surface area contributed by atoms with Gasteiger partial charge in [0.25, 0.3) is 0 Å². The normalized spacial score (nSPS) is 14.4. The van der Waals surface area contributed by atoms with Gasteiger partial charge in [-0.15, -0.1) is 11.3 Å². The molecule has 4 nitrogen and oxygen atoms in total. The van der Waals surface area contributed by atoms with Crippen molar-refractivity contribution >= 4 is 17.3 Å². The van der Waals surface area contributed by atoms with E-state index in [0.29, 0.717) is 18.9 Å². The summed E-state index contributed by atoms with van der Waals surface area (Å²) in [5.41, 5.74) is 0. The zero-order chi connectivity index (χ0) is 14.3. The van der Waals surface area contributed by atoms with Crippen LogP contribution in [0, 0.1) is 5.92 Å². The van der Waals surface area contributed by atoms with Crippen LogP contribution in [0.15, 0.2) is 17.5 Å². The number of methoxy groups -OCH3 is 2. The average Bonchev–Trinajstić information content (AvgIpc) is 2.90. The van der Waals surface area contributed by atoms with Crippen molar-refractivity contribution in [1.29, 1.82) is 0 Å². The van der Waals surface area contributed by atoms with Crippen molar-refractivity contribution in [3.05, 3.63) is 22.4 Å². The van der Waals surface area contributed by atoms with Crippen LogP contribution in [0.3, 0.4) is 0 Å². The molecule has 0 aliphatic carbocycles. The number of carbonyl (C=O) groups excluding carboxylic acids is 1. The fraction of sp³-hybridized carbons (Fsp3) is 0.643. The van der Waals surface area contributed by atoms with Crippen molar-refractivity contribution in [2.45, 2.75) is 32.4 Å². The lowest BCUT2D eigenvalue weighted by Crippen LogP contribution is -2.40. The SMILES string of the molecule is COCC(NC(CC(=O)OC)c1cccs1)C(C)C. The van der Waals surface area contributed by atoms with Gasteiger partial charge in [-0.25, -0.2) is 0 Å². The van der Waals surface area contributed by atoms with Crippen LogP contribution in [-0.4, -0.2) is 32.8 Å². The Labute approximate surface area is 119 Å². The average molecular weight is 285 g/mol. The van der Waals surface area contributed by atoms with Crippen LogP contribution in [0.4, 0.5) is 0 Å². The number of nitrogens with one attached hydrogen (secondary N) is 1. The number of hydrogen-bond acceptors (Lipinski definition) is 5. The molecule has 0 aromatic carbocycles. The lowest BCUT2D eigenvalue weighted by molar-refractivity contribution is -0.141. The number of esters is 1. The highest BCUT2D eigenvalue weighted by atomic mass is 32.1. The van der Waals surface area contributed by atoms with Crippen LogP contribution in [0.25, 0.3) is 0 Å². The Morgan fingerprint density at radius 2 is 2.16 bits per heavy atom. The lowest BCUT2D eigenvalue weighted by Gasteiger charge is -2.27. The van der Waals surface area contributed by atoms with E-state index < -0.39 is 0 Å². The van der Waals surface area contributed by atoms with Crippen LogP contribution in [0.2, 0.25) is 0 Å². The Morgan fingerprint density at radius 3 is 2.63 bits per heavy atom. The van der Waals surface area contributed by atoms with E-state index in [1.807, 2.05) is 17.5 Å². The van der Waals surface area contributed by atoms with Crippen molar-refractivity contribution in [3.8, 4) is 0 Å². The Balaban J connectivity index is 2.75. The molecule has 0 saturated carbocycles. The van der Waals surface area contributed by atoms with Gasteiger partial charge < -0.3 is 14.8 Å². The third-order valence-electron chi connectivity index (χ3n) is 3.05. The summed E-state index contributed by atoms with van der Waals surface area (Å²) in [5.74, 6) is 0.228. The molecule has 0 amide bonds. The topological polar surface area (TPSA) is 47.6 Å². The maximum Gasteiger partial charge on any atom is 0.307 e. The van der Waals surface area contributed by atoms with E-state index in [4.69, 9.17) is 9.47 Å². The molecule has 0 spiro atoms. The summed E-state index contributed by atoms with van der Waals surface area (Å²) in [6.07, 6.45) is 0.337. The molecule has 2 atom stereocenters. The molecule has 19 heavy (non-hydrogen) atoms. The van der Waals surface area contributed by atoms with Crippen LogP contribution < -0.4 is 5.32 Å². The van der Waals surface area contributed by atoms with Crippen molar-refractivity contribution in [2.24, 2.45) is 5.92 Å². The highest BCUT2D eigenvalue weighted by molar-refractivity contribution is 7.10. The van der Waals surface area contributed by atoms with Crippen LogP contribution in [0.5, 0.6) is 0 Å². The van der Waals surface area contributed by atoms with Crippen molar-refractivity contribution < 1.29 is 14.3 Å². The maximum absolute atomic E-state index is 11.5. The van der Waals surface area contributed by atoms with Gasteiger partial charge >= 0.3 is 5.97 Å². The summed E-state index contributed by atoms with van der Waals surface area (Å²) < 4.78 is 10.0. The molecular formula is C14H23NO3S. The highest BCUT2D eigenvalue weighted by Gasteiger charge is 2.22. The molecule has 2 unspecified atom stereocenters. The van der Waals surface area contributed by atoms with Gasteiger partial charge in [-0.2, -0.15) is 0 Å². The second-order valence-corrected chi connectivity index (χ2v) is 5.80. The summed E-state index contributed by atoms with van der Waals surface area (Å²) in [6.45, 7) is 4.90. The first-order valence-electron chi connectivity index (χ1n) is 6.43. The summed E-state index contributed by atoms with van der Waals surface area (Å²) >= 11 is 1.64. The third-order valence-corrected chi connectivity index (χ3v) is 4.04. The molecule has 1 aromatic rings. The van der Waals surface area contributed by atoms with Gasteiger partial charge in [-0.05, 0) is 17.4 Å². The molecule has 1 N–H and O–H groups in total. The minimum atomic E-state index is -0.203. The quantitative estimate of drug-likeness (QED) is 0.746. The number of hydrogen-bond donors (Lipinski definition) is 1. The largest absolute Gasteiger partial charge is 0.469 e. The summed E-state index contributed by atoms with van der Waals surface area (Å²) in [6, 6.07) is 4.22. The Bertz CT molecular complexity index is 365. The first kappa shape index (κ1) is 16.1. The van der Waals surface area contributed by atoms with Gasteiger partial charge in [0.1, 0.15) is 0 Å². The number of carbonyl (C=O) groups is 1. The monoisotopic (exact) mass is 285 g/mol. The maximum atomic E-state index is 11.5. The molecule has 5 heteroatoms. The standard InChI is InChI=1S/C14H23NO3S/c1-10(2)12(9-17-3)15-11(8-14(16)18-4)13-6-5-7-19-13/h5-7,10-12,15H,8-9H2,1-4H3. The fourth-order valence-corrected chi connectivity index (χ4v) is 2.64. The smallest absolute Gasteiger partial charge is 0.307 e. The molecule has 0 saturated heterocycles. The van der Waals surface area contributed by atoms with Gasteiger partial charge in [0.15, 0.2) is 0 Å². The molecular weight excluding hydrogens is 262 g/mol.